The Bertz CT molecular complexity index is 353. The van der Waals surface area contributed by atoms with E-state index in [-0.39, 0.29) is 5.92 Å². The van der Waals surface area contributed by atoms with Crippen molar-refractivity contribution in [3.8, 4) is 0 Å². The number of carbonyl (C=O) groups is 1. The monoisotopic (exact) mass is 210 g/mol. The molecule has 84 valence electrons. The van der Waals surface area contributed by atoms with Gasteiger partial charge in [0.15, 0.2) is 0 Å². The molecule has 0 unspecified atom stereocenters. The molecule has 0 amide bonds. The van der Waals surface area contributed by atoms with Gasteiger partial charge in [-0.3, -0.25) is 5.10 Å². The van der Waals surface area contributed by atoms with Crippen LogP contribution in [0.2, 0.25) is 0 Å². The van der Waals surface area contributed by atoms with Crippen LogP contribution in [0.1, 0.15) is 55.4 Å². The Labute approximate surface area is 89.7 Å². The number of aromatic amines is 1. The Morgan fingerprint density at radius 1 is 1.40 bits per heavy atom. The number of H-pyrrole nitrogens is 1. The molecular weight excluding hydrogens is 192 g/mol. The first kappa shape index (κ1) is 11.8. The topological polar surface area (TPSA) is 66.0 Å². The molecular formula is C11H18N2O2. The van der Waals surface area contributed by atoms with Gasteiger partial charge in [-0.05, 0) is 18.3 Å². The number of hydrogen-bond donors (Lipinski definition) is 2. The summed E-state index contributed by atoms with van der Waals surface area (Å²) < 4.78 is 0. The van der Waals surface area contributed by atoms with Crippen molar-refractivity contribution in [2.45, 2.75) is 40.0 Å². The number of aromatic nitrogens is 2. The predicted molar refractivity (Wildman–Crippen MR) is 58.2 cm³/mol. The molecule has 0 aliphatic rings. The van der Waals surface area contributed by atoms with Crippen LogP contribution in [0.3, 0.4) is 0 Å². The summed E-state index contributed by atoms with van der Waals surface area (Å²) in [6.45, 7) is 8.01. The van der Waals surface area contributed by atoms with Gasteiger partial charge in [0.05, 0.1) is 11.4 Å². The quantitative estimate of drug-likeness (QED) is 0.802. The van der Waals surface area contributed by atoms with Gasteiger partial charge in [0.1, 0.15) is 5.56 Å². The van der Waals surface area contributed by atoms with E-state index in [1.54, 1.807) is 0 Å². The number of rotatable bonds is 4. The molecule has 1 heterocycles. The summed E-state index contributed by atoms with van der Waals surface area (Å²) in [6, 6.07) is 0. The van der Waals surface area contributed by atoms with Gasteiger partial charge in [-0.2, -0.15) is 5.10 Å². The highest BCUT2D eigenvalue weighted by atomic mass is 16.4. The number of carboxylic acids is 1. The van der Waals surface area contributed by atoms with Gasteiger partial charge in [0.2, 0.25) is 0 Å². The third-order valence-corrected chi connectivity index (χ3v) is 2.24. The largest absolute Gasteiger partial charge is 0.478 e. The second-order valence-corrected chi connectivity index (χ2v) is 4.52. The predicted octanol–water partition coefficient (Wildman–Crippen LogP) is 2.43. The number of carboxylic acid groups (broad SMARTS) is 1. The molecule has 0 atom stereocenters. The highest BCUT2D eigenvalue weighted by molar-refractivity contribution is 5.90. The molecule has 0 saturated carbocycles. The van der Waals surface area contributed by atoms with E-state index in [0.29, 0.717) is 17.2 Å². The normalized spacial score (nSPS) is 11.3. The minimum atomic E-state index is -0.886. The Kier molecular flexibility index (Phi) is 3.50. The molecule has 0 aliphatic heterocycles. The lowest BCUT2D eigenvalue weighted by atomic mass is 9.99. The summed E-state index contributed by atoms with van der Waals surface area (Å²) in [6.07, 6.45) is 0.724. The molecule has 1 rings (SSSR count). The summed E-state index contributed by atoms with van der Waals surface area (Å²) in [4.78, 5) is 11.1. The van der Waals surface area contributed by atoms with E-state index in [9.17, 15) is 4.79 Å². The zero-order valence-corrected chi connectivity index (χ0v) is 9.66. The minimum Gasteiger partial charge on any atom is -0.478 e. The van der Waals surface area contributed by atoms with E-state index >= 15 is 0 Å². The fourth-order valence-electron chi connectivity index (χ4n) is 1.61. The van der Waals surface area contributed by atoms with Crippen LogP contribution in [0.25, 0.3) is 0 Å². The highest BCUT2D eigenvalue weighted by Crippen LogP contribution is 2.21. The second kappa shape index (κ2) is 4.47. The maximum atomic E-state index is 11.1. The molecule has 15 heavy (non-hydrogen) atoms. The van der Waals surface area contributed by atoms with Crippen molar-refractivity contribution in [2.24, 2.45) is 5.92 Å². The summed E-state index contributed by atoms with van der Waals surface area (Å²) >= 11 is 0. The van der Waals surface area contributed by atoms with E-state index in [1.165, 1.54) is 0 Å². The summed E-state index contributed by atoms with van der Waals surface area (Å²) in [5, 5.41) is 16.1. The molecule has 2 N–H and O–H groups in total. The molecule has 4 heteroatoms. The fraction of sp³-hybridized carbons (Fsp3) is 0.636. The van der Waals surface area contributed by atoms with Crippen LogP contribution in [-0.2, 0) is 6.42 Å². The van der Waals surface area contributed by atoms with E-state index in [4.69, 9.17) is 5.11 Å². The van der Waals surface area contributed by atoms with E-state index in [1.807, 2.05) is 13.8 Å². The van der Waals surface area contributed by atoms with Crippen LogP contribution in [0.15, 0.2) is 0 Å². The Hall–Kier alpha value is -1.32. The molecule has 0 spiro atoms. The Morgan fingerprint density at radius 2 is 2.00 bits per heavy atom. The van der Waals surface area contributed by atoms with Gasteiger partial charge in [-0.15, -0.1) is 0 Å². The molecule has 1 aromatic heterocycles. The smallest absolute Gasteiger partial charge is 0.339 e. The van der Waals surface area contributed by atoms with Crippen LogP contribution in [-0.4, -0.2) is 21.3 Å². The third kappa shape index (κ3) is 2.58. The average Bonchev–Trinajstić information content (AvgIpc) is 2.46. The number of nitrogens with one attached hydrogen (secondary N) is 1. The van der Waals surface area contributed by atoms with Gasteiger partial charge < -0.3 is 5.11 Å². The van der Waals surface area contributed by atoms with Gasteiger partial charge >= 0.3 is 5.97 Å². The zero-order chi connectivity index (χ0) is 11.6. The van der Waals surface area contributed by atoms with Crippen molar-refractivity contribution in [1.82, 2.24) is 10.2 Å². The zero-order valence-electron chi connectivity index (χ0n) is 9.66. The summed E-state index contributed by atoms with van der Waals surface area (Å²) in [5.74, 6) is -0.333. The maximum Gasteiger partial charge on any atom is 0.339 e. The van der Waals surface area contributed by atoms with Crippen molar-refractivity contribution in [2.75, 3.05) is 0 Å². The van der Waals surface area contributed by atoms with Crippen LogP contribution >= 0.6 is 0 Å². The van der Waals surface area contributed by atoms with Crippen LogP contribution in [0.5, 0.6) is 0 Å². The molecule has 0 aliphatic carbocycles. The molecule has 0 bridgehead atoms. The molecule has 4 nitrogen and oxygen atoms in total. The lowest BCUT2D eigenvalue weighted by Crippen LogP contribution is -2.06. The van der Waals surface area contributed by atoms with Crippen molar-refractivity contribution < 1.29 is 9.90 Å². The van der Waals surface area contributed by atoms with Gasteiger partial charge in [-0.1, -0.05) is 27.7 Å². The Balaban J connectivity index is 3.12. The standard InChI is InChI=1S/C11H18N2O2/c1-6(2)5-8-9(11(14)15)10(7(3)4)13-12-8/h6-7H,5H2,1-4H3,(H,12,13)(H,14,15). The molecule has 0 aromatic carbocycles. The third-order valence-electron chi connectivity index (χ3n) is 2.24. The Morgan fingerprint density at radius 3 is 2.40 bits per heavy atom. The van der Waals surface area contributed by atoms with Gasteiger partial charge in [0.25, 0.3) is 0 Å². The summed E-state index contributed by atoms with van der Waals surface area (Å²) in [7, 11) is 0. The van der Waals surface area contributed by atoms with Crippen LogP contribution in [0, 0.1) is 5.92 Å². The average molecular weight is 210 g/mol. The first-order valence-electron chi connectivity index (χ1n) is 5.23. The SMILES string of the molecule is CC(C)Cc1[nH]nc(C(C)C)c1C(=O)O. The first-order valence-corrected chi connectivity index (χ1v) is 5.23. The molecule has 0 fully saturated rings. The maximum absolute atomic E-state index is 11.1. The van der Waals surface area contributed by atoms with Crippen molar-refractivity contribution >= 4 is 5.97 Å². The number of nitrogens with zero attached hydrogens (tertiary/aromatic N) is 1. The number of hydrogen-bond acceptors (Lipinski definition) is 2. The molecule has 0 saturated heterocycles. The van der Waals surface area contributed by atoms with E-state index in [2.05, 4.69) is 24.0 Å². The van der Waals surface area contributed by atoms with E-state index in [0.717, 1.165) is 12.1 Å². The van der Waals surface area contributed by atoms with Crippen LogP contribution in [0.4, 0.5) is 0 Å². The number of aromatic carboxylic acids is 1. The molecule has 0 radical (unpaired) electrons. The lowest BCUT2D eigenvalue weighted by Gasteiger charge is -2.05. The summed E-state index contributed by atoms with van der Waals surface area (Å²) in [5.41, 5.74) is 1.75. The van der Waals surface area contributed by atoms with Gasteiger partial charge in [-0.25, -0.2) is 4.79 Å². The van der Waals surface area contributed by atoms with E-state index < -0.39 is 5.97 Å². The minimum absolute atomic E-state index is 0.133. The van der Waals surface area contributed by atoms with Gasteiger partial charge in [0, 0.05) is 0 Å². The first-order chi connectivity index (χ1) is 6.93. The second-order valence-electron chi connectivity index (χ2n) is 4.52. The molecule has 1 aromatic rings. The van der Waals surface area contributed by atoms with Crippen molar-refractivity contribution in [3.63, 3.8) is 0 Å². The van der Waals surface area contributed by atoms with Crippen molar-refractivity contribution in [1.29, 1.82) is 0 Å². The van der Waals surface area contributed by atoms with Crippen LogP contribution < -0.4 is 0 Å². The lowest BCUT2D eigenvalue weighted by molar-refractivity contribution is 0.0694. The van der Waals surface area contributed by atoms with Crippen molar-refractivity contribution in [3.05, 3.63) is 17.0 Å². The highest BCUT2D eigenvalue weighted by Gasteiger charge is 2.21. The fourth-order valence-corrected chi connectivity index (χ4v) is 1.61.